The number of esters is 2. The van der Waals surface area contributed by atoms with E-state index in [0.717, 1.165) is 13.0 Å². The van der Waals surface area contributed by atoms with Gasteiger partial charge in [0, 0.05) is 19.8 Å². The summed E-state index contributed by atoms with van der Waals surface area (Å²) in [6.45, 7) is 4.36. The Morgan fingerprint density at radius 2 is 1.73 bits per heavy atom. The van der Waals surface area contributed by atoms with Crippen molar-refractivity contribution < 1.29 is 19.1 Å². The Hall–Kier alpha value is -1.36. The van der Waals surface area contributed by atoms with Gasteiger partial charge in [-0.3, -0.25) is 9.59 Å². The maximum atomic E-state index is 11.5. The van der Waals surface area contributed by atoms with E-state index in [-0.39, 0.29) is 46.9 Å². The molecule has 0 aliphatic heterocycles. The van der Waals surface area contributed by atoms with Crippen molar-refractivity contribution in [3.8, 4) is 0 Å². The molecule has 0 aromatic rings. The average molecular weight is 319 g/mol. The molecule has 0 aliphatic rings. The lowest BCUT2D eigenvalue weighted by Gasteiger charge is -2.12. The minimum Gasteiger partial charge on any atom is -0.462 e. The van der Waals surface area contributed by atoms with E-state index in [0.29, 0.717) is 12.8 Å². The molecule has 1 unspecified atom stereocenters. The molecular formula is C17H37NO4. The van der Waals surface area contributed by atoms with Crippen LogP contribution >= 0.6 is 0 Å². The van der Waals surface area contributed by atoms with Gasteiger partial charge in [-0.15, -0.1) is 0 Å². The van der Waals surface area contributed by atoms with Gasteiger partial charge in [-0.25, -0.2) is 0 Å². The van der Waals surface area contributed by atoms with Gasteiger partial charge in [-0.1, -0.05) is 34.4 Å². The number of carbonyl (C=O) groups excluding carboxylic acids is 2. The number of hydrogen-bond donors (Lipinski definition) is 0. The van der Waals surface area contributed by atoms with Crippen molar-refractivity contribution in [2.24, 2.45) is 0 Å². The smallest absolute Gasteiger partial charge is 0.306 e. The van der Waals surface area contributed by atoms with E-state index < -0.39 is 0 Å². The Balaban J connectivity index is -0.000000540. The van der Waals surface area contributed by atoms with Gasteiger partial charge in [-0.05, 0) is 34.0 Å². The summed E-state index contributed by atoms with van der Waals surface area (Å²) in [5.74, 6) is -0.465. The molecule has 0 spiro atoms. The normalized spacial score (nSPS) is 11.0. The second kappa shape index (κ2) is 17.7. The van der Waals surface area contributed by atoms with Crippen LogP contribution in [0.2, 0.25) is 0 Å². The zero-order chi connectivity index (χ0) is 14.7. The molecule has 0 aliphatic carbocycles. The van der Waals surface area contributed by atoms with Gasteiger partial charge >= 0.3 is 11.9 Å². The number of hydrogen-bond acceptors (Lipinski definition) is 5. The van der Waals surface area contributed by atoms with Crippen LogP contribution in [0.25, 0.3) is 0 Å². The predicted molar refractivity (Wildman–Crippen MR) is 93.9 cm³/mol. The number of carbonyl (C=O) groups is 2. The third kappa shape index (κ3) is 20.9. The zero-order valence-corrected chi connectivity index (χ0v) is 12.3. The molecule has 0 amide bonds. The van der Waals surface area contributed by atoms with E-state index in [1.165, 1.54) is 6.92 Å². The fourth-order valence-electron chi connectivity index (χ4n) is 1.39. The monoisotopic (exact) mass is 319 g/mol. The van der Waals surface area contributed by atoms with Crippen molar-refractivity contribution in [2.75, 3.05) is 27.2 Å². The largest absolute Gasteiger partial charge is 0.462 e. The van der Waals surface area contributed by atoms with Crippen LogP contribution in [0.4, 0.5) is 0 Å². The first kappa shape index (κ1) is 28.8. The van der Waals surface area contributed by atoms with Crippen molar-refractivity contribution in [1.29, 1.82) is 0 Å². The fraction of sp³-hybridized carbons (Fsp3) is 0.765. The van der Waals surface area contributed by atoms with Gasteiger partial charge in [0.2, 0.25) is 0 Å². The SMILES string of the molecule is C.C.C.CC(=O)OC/C=C\CC(C)OC(=O)CCCN(C)C. The molecule has 0 aromatic heterocycles. The van der Waals surface area contributed by atoms with Crippen molar-refractivity contribution in [1.82, 2.24) is 4.90 Å². The second-order valence-corrected chi connectivity index (χ2v) is 4.72. The second-order valence-electron chi connectivity index (χ2n) is 4.72. The minimum absolute atomic E-state index is 0. The molecule has 0 aromatic carbocycles. The maximum absolute atomic E-state index is 11.5. The van der Waals surface area contributed by atoms with Gasteiger partial charge in [-0.2, -0.15) is 0 Å². The Morgan fingerprint density at radius 3 is 2.23 bits per heavy atom. The molecule has 0 saturated carbocycles. The Kier molecular flexibility index (Phi) is 23.1. The van der Waals surface area contributed by atoms with Crippen LogP contribution in [0.5, 0.6) is 0 Å². The lowest BCUT2D eigenvalue weighted by Crippen LogP contribution is -2.17. The first-order chi connectivity index (χ1) is 8.91. The highest BCUT2D eigenvalue weighted by atomic mass is 16.5. The van der Waals surface area contributed by atoms with E-state index in [9.17, 15) is 9.59 Å². The molecule has 22 heavy (non-hydrogen) atoms. The summed E-state index contributed by atoms with van der Waals surface area (Å²) in [6, 6.07) is 0. The van der Waals surface area contributed by atoms with Crippen molar-refractivity contribution in [3.63, 3.8) is 0 Å². The summed E-state index contributed by atoms with van der Waals surface area (Å²) in [5.41, 5.74) is 0. The lowest BCUT2D eigenvalue weighted by molar-refractivity contribution is -0.148. The molecule has 0 heterocycles. The zero-order valence-electron chi connectivity index (χ0n) is 12.3. The molecule has 0 N–H and O–H groups in total. The standard InChI is InChI=1S/C14H25NO4.3CH4/c1-12(8-5-6-11-18-13(2)16)19-14(17)9-7-10-15(3)4;;;/h5-6,12H,7-11H2,1-4H3;3*1H4/b6-5-;;;. The molecule has 1 atom stereocenters. The van der Waals surface area contributed by atoms with E-state index in [2.05, 4.69) is 0 Å². The highest BCUT2D eigenvalue weighted by Crippen LogP contribution is 2.03. The summed E-state index contributed by atoms with van der Waals surface area (Å²) in [4.78, 5) is 24.0. The van der Waals surface area contributed by atoms with Crippen molar-refractivity contribution in [3.05, 3.63) is 12.2 Å². The topological polar surface area (TPSA) is 55.8 Å². The molecule has 5 nitrogen and oxygen atoms in total. The van der Waals surface area contributed by atoms with Crippen LogP contribution < -0.4 is 0 Å². The third-order valence-corrected chi connectivity index (χ3v) is 2.34. The highest BCUT2D eigenvalue weighted by molar-refractivity contribution is 5.69. The lowest BCUT2D eigenvalue weighted by atomic mass is 10.2. The Bertz CT molecular complexity index is 301. The molecular weight excluding hydrogens is 282 g/mol. The third-order valence-electron chi connectivity index (χ3n) is 2.34. The molecule has 0 rings (SSSR count). The summed E-state index contributed by atoms with van der Waals surface area (Å²) in [7, 11) is 3.95. The highest BCUT2D eigenvalue weighted by Gasteiger charge is 2.07. The number of rotatable bonds is 9. The molecule has 134 valence electrons. The van der Waals surface area contributed by atoms with Gasteiger partial charge in [0.15, 0.2) is 0 Å². The molecule has 0 fully saturated rings. The fourth-order valence-corrected chi connectivity index (χ4v) is 1.39. The van der Waals surface area contributed by atoms with E-state index in [1.807, 2.05) is 32.0 Å². The molecule has 5 heteroatoms. The van der Waals surface area contributed by atoms with Gasteiger partial charge in [0.25, 0.3) is 0 Å². The first-order valence-electron chi connectivity index (χ1n) is 6.54. The Labute approximate surface area is 137 Å². The van der Waals surface area contributed by atoms with E-state index in [1.54, 1.807) is 6.08 Å². The van der Waals surface area contributed by atoms with Gasteiger partial charge < -0.3 is 14.4 Å². The summed E-state index contributed by atoms with van der Waals surface area (Å²) in [5, 5.41) is 0. The molecule has 0 radical (unpaired) electrons. The van der Waals surface area contributed by atoms with Gasteiger partial charge in [0.1, 0.15) is 12.7 Å². The average Bonchev–Trinajstić information content (AvgIpc) is 2.27. The van der Waals surface area contributed by atoms with Crippen LogP contribution in [0.15, 0.2) is 12.2 Å². The van der Waals surface area contributed by atoms with Crippen LogP contribution in [-0.4, -0.2) is 50.2 Å². The number of nitrogens with zero attached hydrogens (tertiary/aromatic N) is 1. The first-order valence-corrected chi connectivity index (χ1v) is 6.54. The van der Waals surface area contributed by atoms with E-state index in [4.69, 9.17) is 9.47 Å². The van der Waals surface area contributed by atoms with Crippen LogP contribution in [0.1, 0.15) is 55.4 Å². The summed E-state index contributed by atoms with van der Waals surface area (Å²) in [6.07, 6.45) is 5.32. The van der Waals surface area contributed by atoms with Crippen molar-refractivity contribution in [2.45, 2.75) is 61.5 Å². The minimum atomic E-state index is -0.301. The summed E-state index contributed by atoms with van der Waals surface area (Å²) >= 11 is 0. The Morgan fingerprint density at radius 1 is 1.14 bits per heavy atom. The van der Waals surface area contributed by atoms with Crippen LogP contribution in [-0.2, 0) is 19.1 Å². The van der Waals surface area contributed by atoms with Crippen LogP contribution in [0, 0.1) is 0 Å². The number of ether oxygens (including phenoxy) is 2. The van der Waals surface area contributed by atoms with E-state index >= 15 is 0 Å². The van der Waals surface area contributed by atoms with Crippen LogP contribution in [0.3, 0.4) is 0 Å². The molecule has 0 bridgehead atoms. The maximum Gasteiger partial charge on any atom is 0.306 e. The summed E-state index contributed by atoms with van der Waals surface area (Å²) < 4.78 is 9.99. The van der Waals surface area contributed by atoms with Crippen molar-refractivity contribution >= 4 is 11.9 Å². The predicted octanol–water partition coefficient (Wildman–Crippen LogP) is 3.68. The quantitative estimate of drug-likeness (QED) is 0.479. The molecule has 0 saturated heterocycles. The van der Waals surface area contributed by atoms with Gasteiger partial charge in [0.05, 0.1) is 0 Å².